The first-order valence-electron chi connectivity index (χ1n) is 8.04. The summed E-state index contributed by atoms with van der Waals surface area (Å²) in [6.45, 7) is 0.304. The number of hydrogen-bond acceptors (Lipinski definition) is 5. The van der Waals surface area contributed by atoms with Crippen molar-refractivity contribution in [2.24, 2.45) is 0 Å². The Bertz CT molecular complexity index is 933. The summed E-state index contributed by atoms with van der Waals surface area (Å²) in [5.41, 5.74) is 1.63. The number of urea groups is 1. The van der Waals surface area contributed by atoms with Crippen LogP contribution in [0.2, 0.25) is 0 Å². The molecule has 0 bridgehead atoms. The van der Waals surface area contributed by atoms with Gasteiger partial charge in [0.1, 0.15) is 0 Å². The maximum atomic E-state index is 12.2. The number of ether oxygens (including phenoxy) is 1. The molecule has 3 N–H and O–H groups in total. The van der Waals surface area contributed by atoms with Gasteiger partial charge in [-0.1, -0.05) is 60.7 Å². The van der Waals surface area contributed by atoms with Crippen molar-refractivity contribution < 1.29 is 19.4 Å². The Morgan fingerprint density at radius 3 is 2.33 bits per heavy atom. The van der Waals surface area contributed by atoms with Gasteiger partial charge in [-0.25, -0.2) is 19.6 Å². The van der Waals surface area contributed by atoms with E-state index in [1.165, 1.54) is 6.20 Å². The standard InChI is InChI=1S/C19H16N4O4/c24-18(21-11-13-7-3-1-4-8-13)23-17-15(27-19(25)26)12-20-16(22-17)14-9-5-2-6-10-14/h1-10,12H,11H2,(H,25,26)(H2,20,21,22,23,24). The molecule has 1 heterocycles. The minimum absolute atomic E-state index is 0.0446. The summed E-state index contributed by atoms with van der Waals surface area (Å²) in [5.74, 6) is 0.112. The Kier molecular flexibility index (Phi) is 5.58. The van der Waals surface area contributed by atoms with Crippen molar-refractivity contribution in [3.05, 3.63) is 72.4 Å². The molecule has 0 aliphatic heterocycles. The molecule has 0 aliphatic rings. The minimum Gasteiger partial charge on any atom is -0.449 e. The van der Waals surface area contributed by atoms with Crippen LogP contribution >= 0.6 is 0 Å². The predicted molar refractivity (Wildman–Crippen MR) is 98.4 cm³/mol. The number of carbonyl (C=O) groups excluding carboxylic acids is 1. The molecule has 1 aromatic heterocycles. The van der Waals surface area contributed by atoms with Gasteiger partial charge in [0.05, 0.1) is 6.20 Å². The summed E-state index contributed by atoms with van der Waals surface area (Å²) in [4.78, 5) is 31.4. The molecular weight excluding hydrogens is 348 g/mol. The van der Waals surface area contributed by atoms with E-state index >= 15 is 0 Å². The van der Waals surface area contributed by atoms with Gasteiger partial charge in [0.15, 0.2) is 17.4 Å². The van der Waals surface area contributed by atoms with E-state index in [2.05, 4.69) is 25.3 Å². The topological polar surface area (TPSA) is 113 Å². The highest BCUT2D eigenvalue weighted by Gasteiger charge is 2.15. The highest BCUT2D eigenvalue weighted by molar-refractivity contribution is 5.90. The summed E-state index contributed by atoms with van der Waals surface area (Å²) >= 11 is 0. The van der Waals surface area contributed by atoms with Crippen molar-refractivity contribution in [2.75, 3.05) is 5.32 Å². The van der Waals surface area contributed by atoms with Crippen LogP contribution < -0.4 is 15.4 Å². The maximum absolute atomic E-state index is 12.2. The number of carboxylic acid groups (broad SMARTS) is 1. The monoisotopic (exact) mass is 364 g/mol. The van der Waals surface area contributed by atoms with Crippen LogP contribution in [-0.2, 0) is 6.54 Å². The van der Waals surface area contributed by atoms with Crippen LogP contribution in [0.1, 0.15) is 5.56 Å². The molecule has 0 atom stereocenters. The van der Waals surface area contributed by atoms with E-state index < -0.39 is 12.2 Å². The molecule has 2 aromatic carbocycles. The third kappa shape index (κ3) is 5.02. The van der Waals surface area contributed by atoms with Gasteiger partial charge >= 0.3 is 12.2 Å². The van der Waals surface area contributed by atoms with Gasteiger partial charge in [0, 0.05) is 12.1 Å². The molecule has 8 heteroatoms. The second-order valence-electron chi connectivity index (χ2n) is 5.43. The number of benzene rings is 2. The number of hydrogen-bond donors (Lipinski definition) is 3. The molecule has 0 aliphatic carbocycles. The zero-order chi connectivity index (χ0) is 19.1. The molecule has 3 rings (SSSR count). The van der Waals surface area contributed by atoms with Crippen molar-refractivity contribution >= 4 is 18.0 Å². The van der Waals surface area contributed by atoms with Gasteiger partial charge in [0.25, 0.3) is 0 Å². The van der Waals surface area contributed by atoms with E-state index in [9.17, 15) is 9.59 Å². The fourth-order valence-corrected chi connectivity index (χ4v) is 2.29. The van der Waals surface area contributed by atoms with Crippen LogP contribution in [0.3, 0.4) is 0 Å². The first kappa shape index (κ1) is 17.9. The summed E-state index contributed by atoms with van der Waals surface area (Å²) in [6, 6.07) is 17.9. The third-order valence-electron chi connectivity index (χ3n) is 3.51. The highest BCUT2D eigenvalue weighted by atomic mass is 16.7. The average molecular weight is 364 g/mol. The summed E-state index contributed by atoms with van der Waals surface area (Å²) in [7, 11) is 0. The number of nitrogens with one attached hydrogen (secondary N) is 2. The number of carbonyl (C=O) groups is 2. The van der Waals surface area contributed by atoms with Gasteiger partial charge in [-0.15, -0.1) is 0 Å². The van der Waals surface area contributed by atoms with Crippen LogP contribution in [0.5, 0.6) is 5.75 Å². The first-order valence-corrected chi connectivity index (χ1v) is 8.04. The zero-order valence-electron chi connectivity index (χ0n) is 14.1. The third-order valence-corrected chi connectivity index (χ3v) is 3.51. The fraction of sp³-hybridized carbons (Fsp3) is 0.0526. The van der Waals surface area contributed by atoms with Crippen molar-refractivity contribution in [2.45, 2.75) is 6.54 Å². The summed E-state index contributed by atoms with van der Waals surface area (Å²) in [5, 5.41) is 14.0. The maximum Gasteiger partial charge on any atom is 0.511 e. The Morgan fingerprint density at radius 2 is 1.67 bits per heavy atom. The lowest BCUT2D eigenvalue weighted by Crippen LogP contribution is -2.29. The molecule has 0 fully saturated rings. The SMILES string of the molecule is O=C(NCc1ccccc1)Nc1nc(-c2ccccc2)ncc1OC(=O)O. The summed E-state index contributed by atoms with van der Waals surface area (Å²) < 4.78 is 4.65. The van der Waals surface area contributed by atoms with E-state index in [1.54, 1.807) is 12.1 Å². The molecule has 0 unspecified atom stereocenters. The van der Waals surface area contributed by atoms with Crippen LogP contribution in [-0.4, -0.2) is 27.3 Å². The van der Waals surface area contributed by atoms with Crippen LogP contribution in [0.25, 0.3) is 11.4 Å². The quantitative estimate of drug-likeness (QED) is 0.597. The number of anilines is 1. The van der Waals surface area contributed by atoms with Crippen molar-refractivity contribution in [1.29, 1.82) is 0 Å². The molecule has 0 spiro atoms. The Morgan fingerprint density at radius 1 is 1.00 bits per heavy atom. The molecule has 0 saturated carbocycles. The zero-order valence-corrected chi connectivity index (χ0v) is 14.1. The van der Waals surface area contributed by atoms with Crippen LogP contribution in [0, 0.1) is 0 Å². The molecule has 27 heavy (non-hydrogen) atoms. The lowest BCUT2D eigenvalue weighted by atomic mass is 10.2. The normalized spacial score (nSPS) is 10.1. The number of rotatable bonds is 5. The number of aromatic nitrogens is 2. The van der Waals surface area contributed by atoms with Gasteiger partial charge in [-0.2, -0.15) is 0 Å². The molecule has 0 saturated heterocycles. The lowest BCUT2D eigenvalue weighted by molar-refractivity contribution is 0.144. The number of amides is 2. The van der Waals surface area contributed by atoms with Gasteiger partial charge in [-0.3, -0.25) is 5.32 Å². The van der Waals surface area contributed by atoms with Crippen molar-refractivity contribution in [3.8, 4) is 17.1 Å². The van der Waals surface area contributed by atoms with Gasteiger partial charge < -0.3 is 15.2 Å². The highest BCUT2D eigenvalue weighted by Crippen LogP contribution is 2.25. The smallest absolute Gasteiger partial charge is 0.449 e. The molecule has 8 nitrogen and oxygen atoms in total. The Labute approximate surface area is 154 Å². The van der Waals surface area contributed by atoms with E-state index in [0.29, 0.717) is 17.9 Å². The molecular formula is C19H16N4O4. The second-order valence-corrected chi connectivity index (χ2v) is 5.43. The van der Waals surface area contributed by atoms with Crippen LogP contribution in [0.15, 0.2) is 66.9 Å². The first-order chi connectivity index (χ1) is 13.1. The van der Waals surface area contributed by atoms with E-state index in [-0.39, 0.29) is 11.6 Å². The molecule has 136 valence electrons. The number of nitrogens with zero attached hydrogens (tertiary/aromatic N) is 2. The van der Waals surface area contributed by atoms with E-state index in [4.69, 9.17) is 5.11 Å². The Hall–Kier alpha value is -3.94. The average Bonchev–Trinajstić information content (AvgIpc) is 2.69. The van der Waals surface area contributed by atoms with E-state index in [0.717, 1.165) is 5.56 Å². The largest absolute Gasteiger partial charge is 0.511 e. The van der Waals surface area contributed by atoms with Gasteiger partial charge in [-0.05, 0) is 5.56 Å². The minimum atomic E-state index is -1.53. The van der Waals surface area contributed by atoms with Crippen molar-refractivity contribution in [1.82, 2.24) is 15.3 Å². The lowest BCUT2D eigenvalue weighted by Gasteiger charge is -2.11. The molecule has 3 aromatic rings. The molecule has 0 radical (unpaired) electrons. The van der Waals surface area contributed by atoms with Crippen molar-refractivity contribution in [3.63, 3.8) is 0 Å². The Balaban J connectivity index is 1.78. The fourth-order valence-electron chi connectivity index (χ4n) is 2.29. The van der Waals surface area contributed by atoms with Crippen LogP contribution in [0.4, 0.5) is 15.4 Å². The second kappa shape index (κ2) is 8.43. The summed E-state index contributed by atoms with van der Waals surface area (Å²) in [6.07, 6.45) is -0.324. The molecule has 2 amide bonds. The van der Waals surface area contributed by atoms with Gasteiger partial charge in [0.2, 0.25) is 0 Å². The predicted octanol–water partition coefficient (Wildman–Crippen LogP) is 3.52. The van der Waals surface area contributed by atoms with E-state index in [1.807, 2.05) is 48.5 Å².